The van der Waals surface area contributed by atoms with Crippen molar-refractivity contribution < 1.29 is 27.2 Å². The van der Waals surface area contributed by atoms with E-state index in [2.05, 4.69) is 5.32 Å². The molecule has 4 nitrogen and oxygen atoms in total. The zero-order valence-electron chi connectivity index (χ0n) is 15.0. The molecule has 1 aliphatic rings. The van der Waals surface area contributed by atoms with Crippen LogP contribution in [0.2, 0.25) is 0 Å². The van der Waals surface area contributed by atoms with Gasteiger partial charge < -0.3 is 10.2 Å². The first-order valence-corrected chi connectivity index (χ1v) is 8.64. The van der Waals surface area contributed by atoms with Crippen LogP contribution < -0.4 is 5.32 Å². The van der Waals surface area contributed by atoms with E-state index in [1.165, 1.54) is 29.2 Å². The maximum absolute atomic E-state index is 13.8. The Balaban J connectivity index is 1.66. The molecule has 28 heavy (non-hydrogen) atoms. The van der Waals surface area contributed by atoms with Crippen molar-refractivity contribution in [3.8, 4) is 0 Å². The molecule has 1 N–H and O–H groups in total. The highest BCUT2D eigenvalue weighted by Crippen LogP contribution is 2.30. The van der Waals surface area contributed by atoms with Gasteiger partial charge >= 0.3 is 6.18 Å². The SMILES string of the molecule is Cc1ccc(F)c(NC(=O)[C@@H]2CC(=O)N(Cc3cccc(C(F)(F)F)c3)C2)c1. The van der Waals surface area contributed by atoms with Gasteiger partial charge in [-0.05, 0) is 42.3 Å². The summed E-state index contributed by atoms with van der Waals surface area (Å²) in [6, 6.07) is 9.03. The second-order valence-corrected chi connectivity index (χ2v) is 6.85. The van der Waals surface area contributed by atoms with Crippen molar-refractivity contribution in [2.45, 2.75) is 26.1 Å². The Hall–Kier alpha value is -2.90. The van der Waals surface area contributed by atoms with Crippen LogP contribution in [-0.2, 0) is 22.3 Å². The van der Waals surface area contributed by atoms with Gasteiger partial charge in [0.1, 0.15) is 5.82 Å². The molecule has 2 amide bonds. The average Bonchev–Trinajstić information content (AvgIpc) is 2.98. The molecular weight excluding hydrogens is 376 g/mol. The van der Waals surface area contributed by atoms with Crippen LogP contribution in [0.25, 0.3) is 0 Å². The molecule has 1 aliphatic heterocycles. The van der Waals surface area contributed by atoms with E-state index in [-0.39, 0.29) is 31.1 Å². The zero-order valence-corrected chi connectivity index (χ0v) is 15.0. The van der Waals surface area contributed by atoms with E-state index in [0.29, 0.717) is 5.56 Å². The van der Waals surface area contributed by atoms with Crippen LogP contribution in [0.3, 0.4) is 0 Å². The summed E-state index contributed by atoms with van der Waals surface area (Å²) in [5.41, 5.74) is 0.342. The highest BCUT2D eigenvalue weighted by Gasteiger charge is 2.35. The molecule has 0 spiro atoms. The number of alkyl halides is 3. The number of halogens is 4. The number of likely N-dealkylation sites (tertiary alicyclic amines) is 1. The first-order valence-electron chi connectivity index (χ1n) is 8.64. The van der Waals surface area contributed by atoms with Gasteiger partial charge in [0.2, 0.25) is 11.8 Å². The molecule has 2 aromatic carbocycles. The zero-order chi connectivity index (χ0) is 20.5. The number of nitrogens with zero attached hydrogens (tertiary/aromatic N) is 1. The quantitative estimate of drug-likeness (QED) is 0.793. The molecule has 0 unspecified atom stereocenters. The summed E-state index contributed by atoms with van der Waals surface area (Å²) >= 11 is 0. The molecule has 0 aromatic heterocycles. The Morgan fingerprint density at radius 3 is 2.68 bits per heavy atom. The van der Waals surface area contributed by atoms with Crippen molar-refractivity contribution in [3.63, 3.8) is 0 Å². The minimum absolute atomic E-state index is 0.0225. The van der Waals surface area contributed by atoms with Gasteiger partial charge in [0.15, 0.2) is 0 Å². The molecule has 0 bridgehead atoms. The van der Waals surface area contributed by atoms with Crippen LogP contribution in [0.4, 0.5) is 23.2 Å². The van der Waals surface area contributed by atoms with Crippen molar-refractivity contribution in [3.05, 3.63) is 65.0 Å². The number of aryl methyl sites for hydroxylation is 1. The van der Waals surface area contributed by atoms with E-state index in [1.54, 1.807) is 13.0 Å². The standard InChI is InChI=1S/C20H18F4N2O2/c1-12-5-6-16(21)17(7-12)25-19(28)14-9-18(27)26(11-14)10-13-3-2-4-15(8-13)20(22,23)24/h2-8,14H,9-11H2,1H3,(H,25,28)/t14-/m1/s1. The van der Waals surface area contributed by atoms with Gasteiger partial charge in [0, 0.05) is 19.5 Å². The fourth-order valence-electron chi connectivity index (χ4n) is 3.14. The van der Waals surface area contributed by atoms with Crippen LogP contribution in [0.15, 0.2) is 42.5 Å². The van der Waals surface area contributed by atoms with Gasteiger partial charge in [-0.2, -0.15) is 13.2 Å². The number of rotatable bonds is 4. The Labute approximate surface area is 159 Å². The first kappa shape index (κ1) is 19.9. The maximum atomic E-state index is 13.8. The Kier molecular flexibility index (Phi) is 5.40. The topological polar surface area (TPSA) is 49.4 Å². The number of carbonyl (C=O) groups excluding carboxylic acids is 2. The summed E-state index contributed by atoms with van der Waals surface area (Å²) < 4.78 is 52.3. The van der Waals surface area contributed by atoms with Crippen molar-refractivity contribution in [2.75, 3.05) is 11.9 Å². The molecule has 3 rings (SSSR count). The minimum Gasteiger partial charge on any atom is -0.338 e. The number of hydrogen-bond donors (Lipinski definition) is 1. The van der Waals surface area contributed by atoms with E-state index < -0.39 is 29.4 Å². The third-order valence-electron chi connectivity index (χ3n) is 4.59. The molecule has 0 radical (unpaired) electrons. The number of amides is 2. The van der Waals surface area contributed by atoms with Crippen LogP contribution in [0, 0.1) is 18.7 Å². The van der Waals surface area contributed by atoms with Crippen molar-refractivity contribution in [1.82, 2.24) is 4.90 Å². The molecule has 148 valence electrons. The normalized spacial score (nSPS) is 17.1. The molecule has 1 atom stereocenters. The first-order chi connectivity index (χ1) is 13.1. The molecule has 8 heteroatoms. The van der Waals surface area contributed by atoms with Gasteiger partial charge in [-0.25, -0.2) is 4.39 Å². The van der Waals surface area contributed by atoms with Crippen LogP contribution in [0.5, 0.6) is 0 Å². The van der Waals surface area contributed by atoms with Gasteiger partial charge in [-0.3, -0.25) is 9.59 Å². The van der Waals surface area contributed by atoms with Crippen LogP contribution in [-0.4, -0.2) is 23.3 Å². The number of nitrogens with one attached hydrogen (secondary N) is 1. The summed E-state index contributed by atoms with van der Waals surface area (Å²) in [4.78, 5) is 25.9. The van der Waals surface area contributed by atoms with Gasteiger partial charge in [-0.1, -0.05) is 18.2 Å². The van der Waals surface area contributed by atoms with Gasteiger partial charge in [-0.15, -0.1) is 0 Å². The van der Waals surface area contributed by atoms with Crippen molar-refractivity contribution in [2.24, 2.45) is 5.92 Å². The van der Waals surface area contributed by atoms with Crippen molar-refractivity contribution in [1.29, 1.82) is 0 Å². The second kappa shape index (κ2) is 7.61. The smallest absolute Gasteiger partial charge is 0.338 e. The van der Waals surface area contributed by atoms with Gasteiger partial charge in [0.05, 0.1) is 17.2 Å². The second-order valence-electron chi connectivity index (χ2n) is 6.85. The predicted molar refractivity (Wildman–Crippen MR) is 94.7 cm³/mol. The Morgan fingerprint density at radius 2 is 1.96 bits per heavy atom. The third kappa shape index (κ3) is 4.49. The molecule has 0 aliphatic carbocycles. The third-order valence-corrected chi connectivity index (χ3v) is 4.59. The fraction of sp³-hybridized carbons (Fsp3) is 0.300. The van der Waals surface area contributed by atoms with E-state index in [1.807, 2.05) is 0 Å². The van der Waals surface area contributed by atoms with Crippen molar-refractivity contribution >= 4 is 17.5 Å². The highest BCUT2D eigenvalue weighted by atomic mass is 19.4. The summed E-state index contributed by atoms with van der Waals surface area (Å²) in [5.74, 6) is -2.10. The van der Waals surface area contributed by atoms with E-state index in [4.69, 9.17) is 0 Å². The summed E-state index contributed by atoms with van der Waals surface area (Å²) in [6.45, 7) is 1.80. The number of benzene rings is 2. The summed E-state index contributed by atoms with van der Waals surface area (Å²) in [6.07, 6.45) is -4.54. The lowest BCUT2D eigenvalue weighted by Crippen LogP contribution is -2.28. The molecule has 1 fully saturated rings. The predicted octanol–water partition coefficient (Wildman–Crippen LogP) is 4.14. The van der Waals surface area contributed by atoms with Crippen LogP contribution >= 0.6 is 0 Å². The largest absolute Gasteiger partial charge is 0.416 e. The number of carbonyl (C=O) groups is 2. The molecule has 0 saturated carbocycles. The summed E-state index contributed by atoms with van der Waals surface area (Å²) in [5, 5.41) is 2.49. The lowest BCUT2D eigenvalue weighted by atomic mass is 10.1. The fourth-order valence-corrected chi connectivity index (χ4v) is 3.14. The van der Waals surface area contributed by atoms with E-state index >= 15 is 0 Å². The van der Waals surface area contributed by atoms with Gasteiger partial charge in [0.25, 0.3) is 0 Å². The highest BCUT2D eigenvalue weighted by molar-refractivity contribution is 5.97. The maximum Gasteiger partial charge on any atom is 0.416 e. The molecule has 1 heterocycles. The lowest BCUT2D eigenvalue weighted by molar-refractivity contribution is -0.137. The minimum atomic E-state index is -4.47. The summed E-state index contributed by atoms with van der Waals surface area (Å²) in [7, 11) is 0. The monoisotopic (exact) mass is 394 g/mol. The number of anilines is 1. The van der Waals surface area contributed by atoms with E-state index in [9.17, 15) is 27.2 Å². The number of hydrogen-bond acceptors (Lipinski definition) is 2. The Bertz CT molecular complexity index is 911. The Morgan fingerprint density at radius 1 is 1.21 bits per heavy atom. The van der Waals surface area contributed by atoms with Crippen LogP contribution in [0.1, 0.15) is 23.1 Å². The average molecular weight is 394 g/mol. The molecule has 1 saturated heterocycles. The molecular formula is C20H18F4N2O2. The van der Waals surface area contributed by atoms with E-state index in [0.717, 1.165) is 17.7 Å². The lowest BCUT2D eigenvalue weighted by Gasteiger charge is -2.18. The molecule has 2 aromatic rings.